The molecule has 2 N–H and O–H groups in total. The van der Waals surface area contributed by atoms with Crippen LogP contribution in [0.4, 0.5) is 5.82 Å². The smallest absolute Gasteiger partial charge is 0.263 e. The molecule has 0 fully saturated rings. The average Bonchev–Trinajstić information content (AvgIpc) is 3.03. The van der Waals surface area contributed by atoms with Crippen molar-refractivity contribution in [2.45, 2.75) is 11.5 Å². The third-order valence-corrected chi connectivity index (χ3v) is 4.81. The molecule has 0 unspecified atom stereocenters. The van der Waals surface area contributed by atoms with E-state index in [1.54, 1.807) is 65.4 Å². The van der Waals surface area contributed by atoms with Gasteiger partial charge >= 0.3 is 0 Å². The molecule has 5 nitrogen and oxygen atoms in total. The third-order valence-electron chi connectivity index (χ3n) is 3.44. The number of hydrogen-bond donors (Lipinski definition) is 2. The Bertz CT molecular complexity index is 885. The summed E-state index contributed by atoms with van der Waals surface area (Å²) in [7, 11) is -3.64. The second-order valence-corrected chi connectivity index (χ2v) is 6.69. The van der Waals surface area contributed by atoms with Gasteiger partial charge in [0, 0.05) is 11.9 Å². The van der Waals surface area contributed by atoms with Gasteiger partial charge in [-0.3, -0.25) is 4.72 Å². The minimum Gasteiger partial charge on any atom is -0.392 e. The van der Waals surface area contributed by atoms with Crippen molar-refractivity contribution in [1.82, 2.24) is 4.57 Å². The molecule has 2 aromatic carbocycles. The van der Waals surface area contributed by atoms with E-state index < -0.39 is 10.0 Å². The molecule has 0 aliphatic rings. The Morgan fingerprint density at radius 1 is 0.913 bits per heavy atom. The summed E-state index contributed by atoms with van der Waals surface area (Å²) in [4.78, 5) is 0.211. The molecular formula is C17H16N2O3S. The predicted molar refractivity (Wildman–Crippen MR) is 88.9 cm³/mol. The summed E-state index contributed by atoms with van der Waals surface area (Å²) in [6.45, 7) is -0.0283. The molecule has 23 heavy (non-hydrogen) atoms. The van der Waals surface area contributed by atoms with Crippen LogP contribution < -0.4 is 4.72 Å². The topological polar surface area (TPSA) is 71.3 Å². The van der Waals surface area contributed by atoms with Gasteiger partial charge in [-0.15, -0.1) is 0 Å². The normalized spacial score (nSPS) is 11.3. The van der Waals surface area contributed by atoms with Gasteiger partial charge in [-0.25, -0.2) is 8.42 Å². The van der Waals surface area contributed by atoms with Gasteiger partial charge in [0.15, 0.2) is 0 Å². The lowest BCUT2D eigenvalue weighted by molar-refractivity contribution is 0.282. The van der Waals surface area contributed by atoms with Crippen LogP contribution in [0.2, 0.25) is 0 Å². The molecule has 1 aromatic heterocycles. The fourth-order valence-electron chi connectivity index (χ4n) is 2.25. The minimum atomic E-state index is -3.64. The first kappa shape index (κ1) is 15.3. The highest BCUT2D eigenvalue weighted by atomic mass is 32.2. The second kappa shape index (κ2) is 6.28. The summed E-state index contributed by atoms with van der Waals surface area (Å²) < 4.78 is 29.2. The van der Waals surface area contributed by atoms with Gasteiger partial charge in [0.1, 0.15) is 5.82 Å². The summed E-state index contributed by atoms with van der Waals surface area (Å²) in [5, 5.41) is 9.09. The number of hydrogen-bond acceptors (Lipinski definition) is 3. The van der Waals surface area contributed by atoms with E-state index in [-0.39, 0.29) is 11.5 Å². The number of benzene rings is 2. The minimum absolute atomic E-state index is 0.0283. The quantitative estimate of drug-likeness (QED) is 0.756. The molecule has 0 spiro atoms. The van der Waals surface area contributed by atoms with Crippen molar-refractivity contribution >= 4 is 15.8 Å². The molecule has 0 aliphatic heterocycles. The Hall–Kier alpha value is -2.57. The number of nitrogens with zero attached hydrogens (tertiary/aromatic N) is 1. The number of sulfonamides is 1. The van der Waals surface area contributed by atoms with E-state index >= 15 is 0 Å². The lowest BCUT2D eigenvalue weighted by Gasteiger charge is -2.12. The maximum atomic E-state index is 12.4. The Kier molecular flexibility index (Phi) is 4.18. The van der Waals surface area contributed by atoms with E-state index in [9.17, 15) is 8.42 Å². The lowest BCUT2D eigenvalue weighted by atomic mass is 10.2. The fraction of sp³-hybridized carbons (Fsp3) is 0.0588. The zero-order valence-corrected chi connectivity index (χ0v) is 13.1. The Balaban J connectivity index is 1.92. The van der Waals surface area contributed by atoms with Crippen LogP contribution in [-0.4, -0.2) is 18.1 Å². The van der Waals surface area contributed by atoms with Crippen LogP contribution in [0, 0.1) is 0 Å². The molecule has 0 radical (unpaired) electrons. The lowest BCUT2D eigenvalue weighted by Crippen LogP contribution is -2.15. The Morgan fingerprint density at radius 2 is 1.61 bits per heavy atom. The highest BCUT2D eigenvalue weighted by molar-refractivity contribution is 7.92. The zero-order valence-electron chi connectivity index (χ0n) is 12.3. The standard InChI is InChI=1S/C17H16N2O3S/c20-13-14-8-10-15(11-9-14)19-12-4-7-17(19)18-23(21,22)16-5-2-1-3-6-16/h1-12,18,20H,13H2. The van der Waals surface area contributed by atoms with Crippen molar-refractivity contribution in [2.75, 3.05) is 4.72 Å². The first-order valence-electron chi connectivity index (χ1n) is 7.05. The van der Waals surface area contributed by atoms with Crippen molar-refractivity contribution < 1.29 is 13.5 Å². The number of aromatic nitrogens is 1. The van der Waals surface area contributed by atoms with Crippen molar-refractivity contribution in [3.8, 4) is 5.69 Å². The van der Waals surface area contributed by atoms with Crippen LogP contribution in [0.3, 0.4) is 0 Å². The SMILES string of the molecule is O=S(=O)(Nc1cccn1-c1ccc(CO)cc1)c1ccccc1. The highest BCUT2D eigenvalue weighted by Crippen LogP contribution is 2.21. The number of anilines is 1. The number of aliphatic hydroxyl groups excluding tert-OH is 1. The van der Waals surface area contributed by atoms with E-state index in [1.165, 1.54) is 0 Å². The second-order valence-electron chi connectivity index (χ2n) is 5.01. The van der Waals surface area contributed by atoms with Crippen LogP contribution in [0.5, 0.6) is 0 Å². The van der Waals surface area contributed by atoms with Crippen molar-refractivity contribution in [2.24, 2.45) is 0 Å². The summed E-state index contributed by atoms with van der Waals surface area (Å²) in [6, 6.07) is 18.9. The van der Waals surface area contributed by atoms with E-state index in [1.807, 2.05) is 12.1 Å². The Labute approximate surface area is 134 Å². The van der Waals surface area contributed by atoms with Crippen molar-refractivity contribution in [3.63, 3.8) is 0 Å². The number of nitrogens with one attached hydrogen (secondary N) is 1. The maximum Gasteiger partial charge on any atom is 0.263 e. The van der Waals surface area contributed by atoms with E-state index in [0.717, 1.165) is 11.3 Å². The fourth-order valence-corrected chi connectivity index (χ4v) is 3.32. The van der Waals surface area contributed by atoms with Gasteiger partial charge in [0.05, 0.1) is 11.5 Å². The first-order chi connectivity index (χ1) is 11.1. The molecule has 0 amide bonds. The number of aliphatic hydroxyl groups is 1. The van der Waals surface area contributed by atoms with Crippen LogP contribution >= 0.6 is 0 Å². The van der Waals surface area contributed by atoms with E-state index in [2.05, 4.69) is 4.72 Å². The van der Waals surface area contributed by atoms with Crippen LogP contribution in [0.1, 0.15) is 5.56 Å². The largest absolute Gasteiger partial charge is 0.392 e. The molecule has 6 heteroatoms. The van der Waals surface area contributed by atoms with Gasteiger partial charge < -0.3 is 9.67 Å². The van der Waals surface area contributed by atoms with E-state index in [4.69, 9.17) is 5.11 Å². The molecule has 3 rings (SSSR count). The number of rotatable bonds is 5. The van der Waals surface area contributed by atoms with Crippen molar-refractivity contribution in [3.05, 3.63) is 78.5 Å². The maximum absolute atomic E-state index is 12.4. The monoisotopic (exact) mass is 328 g/mol. The molecule has 0 bridgehead atoms. The van der Waals surface area contributed by atoms with Gasteiger partial charge in [0.25, 0.3) is 10.0 Å². The van der Waals surface area contributed by atoms with Gasteiger partial charge in [-0.1, -0.05) is 30.3 Å². The first-order valence-corrected chi connectivity index (χ1v) is 8.54. The summed E-state index contributed by atoms with van der Waals surface area (Å²) in [5.41, 5.74) is 1.60. The predicted octanol–water partition coefficient (Wildman–Crippen LogP) is 2.77. The third kappa shape index (κ3) is 3.28. The highest BCUT2D eigenvalue weighted by Gasteiger charge is 2.15. The molecule has 1 heterocycles. The molecule has 0 aliphatic carbocycles. The Morgan fingerprint density at radius 3 is 2.26 bits per heavy atom. The molecular weight excluding hydrogens is 312 g/mol. The zero-order chi connectivity index (χ0) is 16.3. The summed E-state index contributed by atoms with van der Waals surface area (Å²) >= 11 is 0. The van der Waals surface area contributed by atoms with Crippen LogP contribution in [-0.2, 0) is 16.6 Å². The van der Waals surface area contributed by atoms with Gasteiger partial charge in [-0.05, 0) is 42.0 Å². The molecule has 0 saturated heterocycles. The van der Waals surface area contributed by atoms with Crippen LogP contribution in [0.15, 0.2) is 77.8 Å². The summed E-state index contributed by atoms with van der Waals surface area (Å²) in [5.74, 6) is 0.450. The van der Waals surface area contributed by atoms with Crippen LogP contribution in [0.25, 0.3) is 5.69 Å². The molecule has 0 saturated carbocycles. The summed E-state index contributed by atoms with van der Waals surface area (Å²) in [6.07, 6.45) is 1.77. The van der Waals surface area contributed by atoms with E-state index in [0.29, 0.717) is 5.82 Å². The molecule has 0 atom stereocenters. The van der Waals surface area contributed by atoms with Crippen molar-refractivity contribution in [1.29, 1.82) is 0 Å². The average molecular weight is 328 g/mol. The molecule has 3 aromatic rings. The van der Waals surface area contributed by atoms with Gasteiger partial charge in [0.2, 0.25) is 0 Å². The molecule has 118 valence electrons. The van der Waals surface area contributed by atoms with Gasteiger partial charge in [-0.2, -0.15) is 0 Å².